The molecule has 1 heterocycles. The molecule has 7 nitrogen and oxygen atoms in total. The third kappa shape index (κ3) is 5.03. The van der Waals surface area contributed by atoms with Gasteiger partial charge in [-0.3, -0.25) is 9.78 Å². The second-order valence-electron chi connectivity index (χ2n) is 4.96. The van der Waals surface area contributed by atoms with E-state index < -0.39 is 0 Å². The number of pyridine rings is 1. The summed E-state index contributed by atoms with van der Waals surface area (Å²) in [5.41, 5.74) is 6.29. The predicted octanol–water partition coefficient (Wildman–Crippen LogP) is 0.590. The van der Waals surface area contributed by atoms with Crippen molar-refractivity contribution >= 4 is 11.7 Å². The van der Waals surface area contributed by atoms with Crippen molar-refractivity contribution in [3.63, 3.8) is 0 Å². The quantitative estimate of drug-likeness (QED) is 0.332. The van der Waals surface area contributed by atoms with Crippen molar-refractivity contribution < 1.29 is 10.0 Å². The van der Waals surface area contributed by atoms with Crippen molar-refractivity contribution in [2.45, 2.75) is 13.3 Å². The first kappa shape index (κ1) is 16.9. The van der Waals surface area contributed by atoms with E-state index in [-0.39, 0.29) is 11.7 Å². The molecule has 0 spiro atoms. The third-order valence-corrected chi connectivity index (χ3v) is 3.09. The minimum atomic E-state index is -0.109. The first-order valence-electron chi connectivity index (χ1n) is 6.87. The summed E-state index contributed by atoms with van der Waals surface area (Å²) in [4.78, 5) is 20.3. The van der Waals surface area contributed by atoms with Crippen LogP contribution in [0.15, 0.2) is 23.5 Å². The van der Waals surface area contributed by atoms with Gasteiger partial charge >= 0.3 is 0 Å². The number of oxime groups is 1. The highest BCUT2D eigenvalue weighted by Gasteiger charge is 2.15. The highest BCUT2D eigenvalue weighted by atomic mass is 16.4. The molecular weight excluding hydrogens is 270 g/mol. The van der Waals surface area contributed by atoms with Crippen LogP contribution in [0.4, 0.5) is 0 Å². The molecule has 0 saturated carbocycles. The van der Waals surface area contributed by atoms with Crippen molar-refractivity contribution in [1.82, 2.24) is 14.8 Å². The van der Waals surface area contributed by atoms with E-state index in [1.807, 2.05) is 21.0 Å². The second-order valence-corrected chi connectivity index (χ2v) is 4.96. The Bertz CT molecular complexity index is 485. The predicted molar refractivity (Wildman–Crippen MR) is 81.5 cm³/mol. The van der Waals surface area contributed by atoms with Gasteiger partial charge in [0.2, 0.25) is 0 Å². The van der Waals surface area contributed by atoms with Crippen molar-refractivity contribution in [3.8, 4) is 0 Å². The number of amidine groups is 1. The monoisotopic (exact) mass is 293 g/mol. The number of carbonyl (C=O) groups excluding carboxylic acids is 1. The molecule has 0 aliphatic carbocycles. The lowest BCUT2D eigenvalue weighted by Crippen LogP contribution is -2.33. The number of nitrogens with zero attached hydrogens (tertiary/aromatic N) is 4. The van der Waals surface area contributed by atoms with Crippen LogP contribution in [0.3, 0.4) is 0 Å². The Morgan fingerprint density at radius 2 is 2.10 bits per heavy atom. The number of hydrogen-bond donors (Lipinski definition) is 2. The van der Waals surface area contributed by atoms with Crippen LogP contribution in [0.5, 0.6) is 0 Å². The van der Waals surface area contributed by atoms with Crippen LogP contribution in [-0.4, -0.2) is 65.5 Å². The van der Waals surface area contributed by atoms with Crippen LogP contribution in [0.25, 0.3) is 0 Å². The number of carbonyl (C=O) groups is 1. The lowest BCUT2D eigenvalue weighted by atomic mass is 10.2. The molecule has 7 heteroatoms. The molecule has 21 heavy (non-hydrogen) atoms. The van der Waals surface area contributed by atoms with Crippen LogP contribution in [-0.2, 0) is 0 Å². The summed E-state index contributed by atoms with van der Waals surface area (Å²) in [6.45, 7) is 4.20. The molecule has 0 fully saturated rings. The van der Waals surface area contributed by atoms with Crippen molar-refractivity contribution in [2.24, 2.45) is 10.9 Å². The van der Waals surface area contributed by atoms with E-state index in [9.17, 15) is 4.79 Å². The highest BCUT2D eigenvalue weighted by molar-refractivity contribution is 5.98. The van der Waals surface area contributed by atoms with Gasteiger partial charge in [0.25, 0.3) is 5.91 Å². The lowest BCUT2D eigenvalue weighted by Gasteiger charge is -2.21. The van der Waals surface area contributed by atoms with Gasteiger partial charge in [-0.1, -0.05) is 5.16 Å². The van der Waals surface area contributed by atoms with Gasteiger partial charge in [-0.25, -0.2) is 0 Å². The molecular formula is C14H23N5O2. The molecule has 0 unspecified atom stereocenters. The summed E-state index contributed by atoms with van der Waals surface area (Å²) in [7, 11) is 4.01. The van der Waals surface area contributed by atoms with Gasteiger partial charge in [-0.15, -0.1) is 0 Å². The molecule has 0 aliphatic rings. The van der Waals surface area contributed by atoms with E-state index in [1.54, 1.807) is 17.0 Å². The average Bonchev–Trinajstić information content (AvgIpc) is 2.50. The van der Waals surface area contributed by atoms with Crippen LogP contribution >= 0.6 is 0 Å². The molecule has 0 aromatic carbocycles. The minimum absolute atomic E-state index is 0.0279. The Morgan fingerprint density at radius 3 is 2.57 bits per heavy atom. The maximum Gasteiger partial charge on any atom is 0.272 e. The van der Waals surface area contributed by atoms with E-state index in [2.05, 4.69) is 15.0 Å². The minimum Gasteiger partial charge on any atom is -0.409 e. The van der Waals surface area contributed by atoms with Gasteiger partial charge in [0.1, 0.15) is 5.69 Å². The fraction of sp³-hybridized carbons (Fsp3) is 0.500. The zero-order valence-electron chi connectivity index (χ0n) is 12.8. The normalized spacial score (nSPS) is 11.7. The van der Waals surface area contributed by atoms with E-state index in [1.165, 1.54) is 6.20 Å². The second kappa shape index (κ2) is 8.21. The number of aromatic nitrogens is 1. The van der Waals surface area contributed by atoms with Crippen molar-refractivity contribution in [1.29, 1.82) is 0 Å². The van der Waals surface area contributed by atoms with Gasteiger partial charge in [0, 0.05) is 24.8 Å². The third-order valence-electron chi connectivity index (χ3n) is 3.09. The molecule has 0 radical (unpaired) electrons. The Morgan fingerprint density at radius 1 is 1.38 bits per heavy atom. The summed E-state index contributed by atoms with van der Waals surface area (Å²) in [5, 5.41) is 11.5. The first-order chi connectivity index (χ1) is 9.99. The Labute approximate surface area is 125 Å². The SMILES string of the molecule is CCN(CCCN(C)C)C(=O)c1ccc(/C(N)=N/O)cn1. The molecule has 1 aromatic heterocycles. The molecule has 3 N–H and O–H groups in total. The number of amides is 1. The Balaban J connectivity index is 2.71. The first-order valence-corrected chi connectivity index (χ1v) is 6.87. The van der Waals surface area contributed by atoms with E-state index >= 15 is 0 Å². The lowest BCUT2D eigenvalue weighted by molar-refractivity contribution is 0.0753. The van der Waals surface area contributed by atoms with Crippen molar-refractivity contribution in [3.05, 3.63) is 29.6 Å². The molecule has 1 rings (SSSR count). The molecule has 1 amide bonds. The number of rotatable bonds is 7. The van der Waals surface area contributed by atoms with Gasteiger partial charge in [-0.05, 0) is 46.1 Å². The Kier molecular flexibility index (Phi) is 6.61. The van der Waals surface area contributed by atoms with Gasteiger partial charge in [0.05, 0.1) is 0 Å². The van der Waals surface area contributed by atoms with Crippen molar-refractivity contribution in [2.75, 3.05) is 33.7 Å². The molecule has 1 aromatic rings. The van der Waals surface area contributed by atoms with Crippen LogP contribution in [0.1, 0.15) is 29.4 Å². The molecule has 0 saturated heterocycles. The highest BCUT2D eigenvalue weighted by Crippen LogP contribution is 2.05. The Hall–Kier alpha value is -2.15. The fourth-order valence-electron chi connectivity index (χ4n) is 1.87. The van der Waals surface area contributed by atoms with E-state index in [4.69, 9.17) is 10.9 Å². The zero-order valence-corrected chi connectivity index (χ0v) is 12.8. The van der Waals surface area contributed by atoms with Crippen LogP contribution in [0, 0.1) is 0 Å². The molecule has 0 aliphatic heterocycles. The van der Waals surface area contributed by atoms with Crippen LogP contribution in [0.2, 0.25) is 0 Å². The summed E-state index contributed by atoms with van der Waals surface area (Å²) >= 11 is 0. The van der Waals surface area contributed by atoms with E-state index in [0.29, 0.717) is 24.3 Å². The largest absolute Gasteiger partial charge is 0.409 e. The molecule has 116 valence electrons. The van der Waals surface area contributed by atoms with Gasteiger partial charge < -0.3 is 20.7 Å². The average molecular weight is 293 g/mol. The fourth-order valence-corrected chi connectivity index (χ4v) is 1.87. The van der Waals surface area contributed by atoms with Crippen LogP contribution < -0.4 is 5.73 Å². The number of nitrogens with two attached hydrogens (primary N) is 1. The number of hydrogen-bond acceptors (Lipinski definition) is 5. The summed E-state index contributed by atoms with van der Waals surface area (Å²) in [6.07, 6.45) is 2.34. The molecule has 0 bridgehead atoms. The zero-order chi connectivity index (χ0) is 15.8. The topological polar surface area (TPSA) is 95.0 Å². The standard InChI is InChI=1S/C14H23N5O2/c1-4-19(9-5-8-18(2)3)14(20)12-7-6-11(10-16-12)13(15)17-21/h6-7,10,21H,4-5,8-9H2,1-3H3,(H2,15,17). The maximum atomic E-state index is 12.3. The smallest absolute Gasteiger partial charge is 0.272 e. The van der Waals surface area contributed by atoms with E-state index in [0.717, 1.165) is 13.0 Å². The summed E-state index contributed by atoms with van der Waals surface area (Å²) < 4.78 is 0. The maximum absolute atomic E-state index is 12.3. The summed E-state index contributed by atoms with van der Waals surface area (Å²) in [6, 6.07) is 3.20. The van der Waals surface area contributed by atoms with Gasteiger partial charge in [-0.2, -0.15) is 0 Å². The molecule has 0 atom stereocenters. The van der Waals surface area contributed by atoms with Gasteiger partial charge in [0.15, 0.2) is 5.84 Å². The summed E-state index contributed by atoms with van der Waals surface area (Å²) in [5.74, 6) is -0.137.